The number of aryl methyl sites for hydroxylation is 2. The summed E-state index contributed by atoms with van der Waals surface area (Å²) in [7, 11) is 1.91. The third-order valence-corrected chi connectivity index (χ3v) is 5.21. The molecule has 0 saturated carbocycles. The number of carbonyl (C=O) groups excluding carboxylic acids is 1. The van der Waals surface area contributed by atoms with E-state index in [0.29, 0.717) is 11.3 Å². The van der Waals surface area contributed by atoms with Crippen LogP contribution in [0.1, 0.15) is 57.7 Å². The van der Waals surface area contributed by atoms with Crippen LogP contribution >= 0.6 is 24.8 Å². The van der Waals surface area contributed by atoms with Gasteiger partial charge in [-0.15, -0.1) is 24.8 Å². The minimum Gasteiger partial charge on any atom is -0.427 e. The van der Waals surface area contributed by atoms with Crippen LogP contribution in [0.2, 0.25) is 0 Å². The summed E-state index contributed by atoms with van der Waals surface area (Å²) >= 11 is 0. The van der Waals surface area contributed by atoms with E-state index in [1.54, 1.807) is 6.92 Å². The third-order valence-electron chi connectivity index (χ3n) is 5.21. The molecule has 0 aromatic carbocycles. The smallest absolute Gasteiger partial charge is 0.349 e. The summed E-state index contributed by atoms with van der Waals surface area (Å²) in [4.78, 5) is 29.4. The normalized spacial score (nSPS) is 16.1. The number of carbonyl (C=O) groups is 1. The van der Waals surface area contributed by atoms with Crippen LogP contribution in [0.3, 0.4) is 0 Å². The highest BCUT2D eigenvalue weighted by Crippen LogP contribution is 2.23. The number of hydrogen-bond donors (Lipinski definition) is 2. The van der Waals surface area contributed by atoms with Crippen LogP contribution < -0.4 is 16.3 Å². The van der Waals surface area contributed by atoms with Gasteiger partial charge in [-0.05, 0) is 51.8 Å². The zero-order valence-corrected chi connectivity index (χ0v) is 18.3. The molecule has 1 fully saturated rings. The van der Waals surface area contributed by atoms with Crippen molar-refractivity contribution in [3.63, 3.8) is 0 Å². The second-order valence-electron chi connectivity index (χ2n) is 6.98. The van der Waals surface area contributed by atoms with Crippen LogP contribution in [0.4, 0.5) is 0 Å². The van der Waals surface area contributed by atoms with Crippen molar-refractivity contribution in [1.82, 2.24) is 20.2 Å². The SMILES string of the molecule is Cc1cc(C2CCCNC2)oc(=O)c1C(=O)NCc1nc(C)c(C)n1C.Cl.Cl. The summed E-state index contributed by atoms with van der Waals surface area (Å²) < 4.78 is 7.41. The van der Waals surface area contributed by atoms with E-state index < -0.39 is 11.5 Å². The molecule has 1 atom stereocenters. The highest BCUT2D eigenvalue weighted by Gasteiger charge is 2.22. The zero-order chi connectivity index (χ0) is 18.8. The van der Waals surface area contributed by atoms with Gasteiger partial charge in [0.05, 0.1) is 12.2 Å². The molecule has 0 aliphatic carbocycles. The lowest BCUT2D eigenvalue weighted by Crippen LogP contribution is -2.32. The Morgan fingerprint density at radius 2 is 2.07 bits per heavy atom. The Labute approximate surface area is 177 Å². The van der Waals surface area contributed by atoms with Crippen molar-refractivity contribution in [1.29, 1.82) is 0 Å². The molecule has 2 aromatic heterocycles. The Morgan fingerprint density at radius 1 is 1.36 bits per heavy atom. The van der Waals surface area contributed by atoms with Crippen LogP contribution in [0.25, 0.3) is 0 Å². The van der Waals surface area contributed by atoms with Gasteiger partial charge in [-0.25, -0.2) is 9.78 Å². The van der Waals surface area contributed by atoms with E-state index in [2.05, 4.69) is 15.6 Å². The minimum absolute atomic E-state index is 0. The highest BCUT2D eigenvalue weighted by atomic mass is 35.5. The van der Waals surface area contributed by atoms with Crippen molar-refractivity contribution in [2.45, 2.75) is 46.1 Å². The third kappa shape index (κ3) is 4.96. The molecule has 0 spiro atoms. The van der Waals surface area contributed by atoms with E-state index in [-0.39, 0.29) is 42.8 Å². The van der Waals surface area contributed by atoms with Gasteiger partial charge in [-0.2, -0.15) is 0 Å². The van der Waals surface area contributed by atoms with E-state index in [0.717, 1.165) is 43.1 Å². The van der Waals surface area contributed by atoms with Gasteiger partial charge in [0.15, 0.2) is 0 Å². The average Bonchev–Trinajstić information content (AvgIpc) is 2.87. The van der Waals surface area contributed by atoms with Crippen molar-refractivity contribution < 1.29 is 9.21 Å². The summed E-state index contributed by atoms with van der Waals surface area (Å²) in [5.74, 6) is 1.17. The predicted octanol–water partition coefficient (Wildman–Crippen LogP) is 2.54. The molecule has 1 aliphatic heterocycles. The molecule has 2 aromatic rings. The number of imidazole rings is 1. The molecule has 3 heterocycles. The summed E-state index contributed by atoms with van der Waals surface area (Å²) in [6, 6.07) is 1.82. The Kier molecular flexibility index (Phi) is 8.73. The van der Waals surface area contributed by atoms with Crippen molar-refractivity contribution in [3.8, 4) is 0 Å². The highest BCUT2D eigenvalue weighted by molar-refractivity contribution is 5.95. The fraction of sp³-hybridized carbons (Fsp3) is 0.526. The molecule has 2 N–H and O–H groups in total. The fourth-order valence-electron chi connectivity index (χ4n) is 3.39. The van der Waals surface area contributed by atoms with Gasteiger partial charge in [-0.1, -0.05) is 0 Å². The van der Waals surface area contributed by atoms with Gasteiger partial charge in [-0.3, -0.25) is 4.79 Å². The minimum atomic E-state index is -0.574. The largest absolute Gasteiger partial charge is 0.427 e. The van der Waals surface area contributed by atoms with Crippen molar-refractivity contribution in [2.24, 2.45) is 7.05 Å². The molecular weight excluding hydrogens is 403 g/mol. The van der Waals surface area contributed by atoms with Gasteiger partial charge in [0.2, 0.25) is 0 Å². The summed E-state index contributed by atoms with van der Waals surface area (Å²) in [6.07, 6.45) is 2.04. The van der Waals surface area contributed by atoms with Crippen molar-refractivity contribution >= 4 is 30.7 Å². The summed E-state index contributed by atoms with van der Waals surface area (Å²) in [5.41, 5.74) is 2.12. The predicted molar refractivity (Wildman–Crippen MR) is 113 cm³/mol. The Balaban J connectivity index is 0.00000196. The monoisotopic (exact) mass is 430 g/mol. The van der Waals surface area contributed by atoms with Crippen molar-refractivity contribution in [2.75, 3.05) is 13.1 Å². The molecule has 7 nitrogen and oxygen atoms in total. The average molecular weight is 431 g/mol. The zero-order valence-electron chi connectivity index (χ0n) is 16.6. The maximum absolute atomic E-state index is 12.5. The first-order chi connectivity index (χ1) is 12.4. The van der Waals surface area contributed by atoms with Crippen molar-refractivity contribution in [3.05, 3.63) is 50.6 Å². The molecule has 0 bridgehead atoms. The van der Waals surface area contributed by atoms with Gasteiger partial charge >= 0.3 is 5.63 Å². The molecular formula is C19H28Cl2N4O3. The Bertz CT molecular complexity index is 886. The lowest BCUT2D eigenvalue weighted by Gasteiger charge is -2.22. The second-order valence-corrected chi connectivity index (χ2v) is 6.98. The van der Waals surface area contributed by atoms with Crippen LogP contribution in [-0.2, 0) is 13.6 Å². The van der Waals surface area contributed by atoms with E-state index in [4.69, 9.17) is 4.42 Å². The van der Waals surface area contributed by atoms with Crippen LogP contribution in [-0.4, -0.2) is 28.5 Å². The van der Waals surface area contributed by atoms with E-state index in [9.17, 15) is 9.59 Å². The fourth-order valence-corrected chi connectivity index (χ4v) is 3.39. The first-order valence-corrected chi connectivity index (χ1v) is 9.00. The molecule has 1 aliphatic rings. The van der Waals surface area contributed by atoms with Crippen LogP contribution in [0.5, 0.6) is 0 Å². The van der Waals surface area contributed by atoms with Gasteiger partial charge in [0.1, 0.15) is 17.1 Å². The van der Waals surface area contributed by atoms with Crippen LogP contribution in [0, 0.1) is 20.8 Å². The number of halogens is 2. The topological polar surface area (TPSA) is 89.2 Å². The second kappa shape index (κ2) is 10.1. The summed E-state index contributed by atoms with van der Waals surface area (Å²) in [5, 5.41) is 6.09. The quantitative estimate of drug-likeness (QED) is 0.777. The molecule has 1 amide bonds. The molecule has 9 heteroatoms. The number of piperidine rings is 1. The number of aromatic nitrogens is 2. The number of rotatable bonds is 4. The van der Waals surface area contributed by atoms with Gasteiger partial charge in [0, 0.05) is 25.2 Å². The van der Waals surface area contributed by atoms with Crippen LogP contribution in [0.15, 0.2) is 15.3 Å². The van der Waals surface area contributed by atoms with E-state index in [1.165, 1.54) is 0 Å². The standard InChI is InChI=1S/C19H26N4O3.2ClH/c1-11-8-15(14-6-5-7-20-9-14)26-19(25)17(11)18(24)21-10-16-22-12(2)13(3)23(16)4;;/h8,14,20H,5-7,9-10H2,1-4H3,(H,21,24);2*1H. The Morgan fingerprint density at radius 3 is 2.61 bits per heavy atom. The van der Waals surface area contributed by atoms with E-state index >= 15 is 0 Å². The molecule has 156 valence electrons. The first kappa shape index (κ1) is 24.2. The molecule has 0 radical (unpaired) electrons. The maximum Gasteiger partial charge on any atom is 0.349 e. The number of nitrogens with zero attached hydrogens (tertiary/aromatic N) is 2. The lowest BCUT2D eigenvalue weighted by atomic mass is 9.95. The number of amides is 1. The molecule has 1 unspecified atom stereocenters. The number of hydrogen-bond acceptors (Lipinski definition) is 5. The summed E-state index contributed by atoms with van der Waals surface area (Å²) in [6.45, 7) is 7.74. The van der Waals surface area contributed by atoms with E-state index in [1.807, 2.05) is 31.5 Å². The number of nitrogens with one attached hydrogen (secondary N) is 2. The molecule has 28 heavy (non-hydrogen) atoms. The Hall–Kier alpha value is -1.83. The van der Waals surface area contributed by atoms with Gasteiger partial charge < -0.3 is 19.6 Å². The first-order valence-electron chi connectivity index (χ1n) is 9.00. The lowest BCUT2D eigenvalue weighted by molar-refractivity contribution is 0.0944. The molecule has 3 rings (SSSR count). The van der Waals surface area contributed by atoms with Gasteiger partial charge in [0.25, 0.3) is 5.91 Å². The maximum atomic E-state index is 12.5. The molecule has 1 saturated heterocycles.